The highest BCUT2D eigenvalue weighted by Gasteiger charge is 2.10. The second kappa shape index (κ2) is 3.35. The Morgan fingerprint density at radius 3 is 2.57 bits per heavy atom. The average molecular weight is 254 g/mol. The molecule has 0 bridgehead atoms. The Balaban J connectivity index is 2.82. The summed E-state index contributed by atoms with van der Waals surface area (Å²) >= 11 is 3.47. The normalized spacial score (nSPS) is 11.5. The van der Waals surface area contributed by atoms with Gasteiger partial charge in [0.15, 0.2) is 0 Å². The third-order valence-electron chi connectivity index (χ3n) is 2.34. The molecule has 0 aliphatic rings. The molecule has 2 heterocycles. The Morgan fingerprint density at radius 1 is 1.29 bits per heavy atom. The van der Waals surface area contributed by atoms with E-state index in [2.05, 4.69) is 51.1 Å². The van der Waals surface area contributed by atoms with Crippen molar-refractivity contribution in [3.63, 3.8) is 0 Å². The molecule has 0 spiro atoms. The second-order valence-electron chi connectivity index (χ2n) is 3.66. The summed E-state index contributed by atoms with van der Waals surface area (Å²) in [7, 11) is 0. The van der Waals surface area contributed by atoms with Gasteiger partial charge in [0.25, 0.3) is 0 Å². The topological polar surface area (TPSA) is 30.2 Å². The second-order valence-corrected chi connectivity index (χ2v) is 4.52. The van der Waals surface area contributed by atoms with Crippen LogP contribution in [0.1, 0.15) is 31.2 Å². The lowest BCUT2D eigenvalue weighted by molar-refractivity contribution is 0.793. The minimum Gasteiger partial charge on any atom is -0.284 e. The number of nitrogens with zero attached hydrogens (tertiary/aromatic N) is 3. The average Bonchev–Trinajstić information content (AvgIpc) is 2.55. The van der Waals surface area contributed by atoms with Crippen molar-refractivity contribution in [3.05, 3.63) is 28.3 Å². The molecule has 74 valence electrons. The fourth-order valence-electron chi connectivity index (χ4n) is 1.51. The van der Waals surface area contributed by atoms with E-state index in [1.54, 1.807) is 6.20 Å². The van der Waals surface area contributed by atoms with Crippen molar-refractivity contribution in [2.24, 2.45) is 0 Å². The van der Waals surface area contributed by atoms with Crippen LogP contribution >= 0.6 is 15.9 Å². The minimum atomic E-state index is 0.458. The Morgan fingerprint density at radius 2 is 1.93 bits per heavy atom. The molecule has 0 saturated heterocycles. The summed E-state index contributed by atoms with van der Waals surface area (Å²) in [6, 6.07) is 0. The zero-order valence-electron chi connectivity index (χ0n) is 8.45. The van der Waals surface area contributed by atoms with Gasteiger partial charge < -0.3 is 0 Å². The van der Waals surface area contributed by atoms with E-state index in [1.807, 2.05) is 6.20 Å². The number of imidazole rings is 1. The van der Waals surface area contributed by atoms with E-state index < -0.39 is 0 Å². The number of fused-ring (bicyclic) bond motifs is 1. The van der Waals surface area contributed by atoms with Gasteiger partial charge in [-0.05, 0) is 28.8 Å². The van der Waals surface area contributed by atoms with Gasteiger partial charge in [0.2, 0.25) is 5.78 Å². The Hall–Kier alpha value is -0.900. The number of rotatable bonds is 1. The SMILES string of the molecule is Cc1c(Br)cnc2ncc(C(C)C)n12. The van der Waals surface area contributed by atoms with Crippen LogP contribution in [0.3, 0.4) is 0 Å². The van der Waals surface area contributed by atoms with E-state index >= 15 is 0 Å². The maximum absolute atomic E-state index is 4.27. The first kappa shape index (κ1) is 9.65. The molecule has 2 aromatic heterocycles. The lowest BCUT2D eigenvalue weighted by Gasteiger charge is -2.08. The van der Waals surface area contributed by atoms with Crippen LogP contribution < -0.4 is 0 Å². The first-order valence-electron chi connectivity index (χ1n) is 4.59. The van der Waals surface area contributed by atoms with Crippen LogP contribution in [0.5, 0.6) is 0 Å². The molecule has 0 aliphatic carbocycles. The standard InChI is InChI=1S/C10H12BrN3/c1-6(2)9-5-13-10-12-4-8(11)7(3)14(9)10/h4-6H,1-3H3. The fraction of sp³-hybridized carbons (Fsp3) is 0.400. The summed E-state index contributed by atoms with van der Waals surface area (Å²) in [6.07, 6.45) is 3.69. The van der Waals surface area contributed by atoms with Gasteiger partial charge in [0.1, 0.15) is 0 Å². The number of hydrogen-bond acceptors (Lipinski definition) is 2. The summed E-state index contributed by atoms with van der Waals surface area (Å²) in [6.45, 7) is 6.37. The molecule has 0 N–H and O–H groups in total. The maximum Gasteiger partial charge on any atom is 0.234 e. The number of halogens is 1. The third kappa shape index (κ3) is 1.34. The van der Waals surface area contributed by atoms with E-state index in [0.29, 0.717) is 5.92 Å². The molecule has 0 aliphatic heterocycles. The molecule has 4 heteroatoms. The van der Waals surface area contributed by atoms with Crippen LogP contribution in [0.2, 0.25) is 0 Å². The lowest BCUT2D eigenvalue weighted by atomic mass is 10.1. The number of aromatic nitrogens is 3. The molecule has 0 saturated carbocycles. The quantitative estimate of drug-likeness (QED) is 0.783. The van der Waals surface area contributed by atoms with Crippen LogP contribution in [-0.4, -0.2) is 14.4 Å². The molecule has 0 radical (unpaired) electrons. The lowest BCUT2D eigenvalue weighted by Crippen LogP contribution is -2.00. The van der Waals surface area contributed by atoms with E-state index in [-0.39, 0.29) is 0 Å². The van der Waals surface area contributed by atoms with Crippen molar-refractivity contribution in [1.29, 1.82) is 0 Å². The van der Waals surface area contributed by atoms with E-state index in [9.17, 15) is 0 Å². The molecule has 0 amide bonds. The molecule has 2 aromatic rings. The van der Waals surface area contributed by atoms with Crippen LogP contribution in [0.4, 0.5) is 0 Å². The monoisotopic (exact) mass is 253 g/mol. The van der Waals surface area contributed by atoms with Crippen LogP contribution in [0, 0.1) is 6.92 Å². The molecule has 0 unspecified atom stereocenters. The van der Waals surface area contributed by atoms with Gasteiger partial charge in [-0.3, -0.25) is 4.40 Å². The van der Waals surface area contributed by atoms with Gasteiger partial charge in [-0.2, -0.15) is 0 Å². The molecule has 14 heavy (non-hydrogen) atoms. The molecular formula is C10H12BrN3. The fourth-order valence-corrected chi connectivity index (χ4v) is 1.79. The molecule has 0 atom stereocenters. The van der Waals surface area contributed by atoms with Gasteiger partial charge in [-0.1, -0.05) is 13.8 Å². The predicted octanol–water partition coefficient (Wildman–Crippen LogP) is 2.92. The van der Waals surface area contributed by atoms with Crippen molar-refractivity contribution >= 4 is 21.7 Å². The summed E-state index contributed by atoms with van der Waals surface area (Å²) in [5, 5.41) is 0. The summed E-state index contributed by atoms with van der Waals surface area (Å²) in [4.78, 5) is 8.52. The van der Waals surface area contributed by atoms with Crippen molar-refractivity contribution in [2.45, 2.75) is 26.7 Å². The van der Waals surface area contributed by atoms with Gasteiger partial charge in [-0.15, -0.1) is 0 Å². The van der Waals surface area contributed by atoms with Crippen molar-refractivity contribution in [3.8, 4) is 0 Å². The van der Waals surface area contributed by atoms with Crippen molar-refractivity contribution in [1.82, 2.24) is 14.4 Å². The smallest absolute Gasteiger partial charge is 0.234 e. The Labute approximate surface area is 91.3 Å². The third-order valence-corrected chi connectivity index (χ3v) is 3.12. The van der Waals surface area contributed by atoms with Crippen LogP contribution in [0.15, 0.2) is 16.9 Å². The van der Waals surface area contributed by atoms with Crippen molar-refractivity contribution < 1.29 is 0 Å². The first-order valence-corrected chi connectivity index (χ1v) is 5.39. The summed E-state index contributed by atoms with van der Waals surface area (Å²) in [5.41, 5.74) is 2.35. The maximum atomic E-state index is 4.27. The number of hydrogen-bond donors (Lipinski definition) is 0. The zero-order valence-corrected chi connectivity index (χ0v) is 10.0. The van der Waals surface area contributed by atoms with Gasteiger partial charge in [-0.25, -0.2) is 9.97 Å². The van der Waals surface area contributed by atoms with Gasteiger partial charge in [0.05, 0.1) is 10.7 Å². The van der Waals surface area contributed by atoms with E-state index in [1.165, 1.54) is 5.69 Å². The van der Waals surface area contributed by atoms with Crippen molar-refractivity contribution in [2.75, 3.05) is 0 Å². The minimum absolute atomic E-state index is 0.458. The molecule has 2 rings (SSSR count). The van der Waals surface area contributed by atoms with Crippen LogP contribution in [0.25, 0.3) is 5.78 Å². The predicted molar refractivity (Wildman–Crippen MR) is 59.5 cm³/mol. The Bertz CT molecular complexity index is 473. The van der Waals surface area contributed by atoms with E-state index in [0.717, 1.165) is 15.9 Å². The largest absolute Gasteiger partial charge is 0.284 e. The van der Waals surface area contributed by atoms with E-state index in [4.69, 9.17) is 0 Å². The summed E-state index contributed by atoms with van der Waals surface area (Å²) < 4.78 is 3.11. The first-order chi connectivity index (χ1) is 6.61. The Kier molecular flexibility index (Phi) is 2.31. The molecule has 3 nitrogen and oxygen atoms in total. The highest BCUT2D eigenvalue weighted by atomic mass is 79.9. The molecule has 0 fully saturated rings. The zero-order chi connectivity index (χ0) is 10.3. The molecular weight excluding hydrogens is 242 g/mol. The highest BCUT2D eigenvalue weighted by molar-refractivity contribution is 9.10. The summed E-state index contributed by atoms with van der Waals surface area (Å²) in [5.74, 6) is 1.23. The number of aryl methyl sites for hydroxylation is 1. The van der Waals surface area contributed by atoms with Crippen LogP contribution in [-0.2, 0) is 0 Å². The van der Waals surface area contributed by atoms with Gasteiger partial charge >= 0.3 is 0 Å². The van der Waals surface area contributed by atoms with Gasteiger partial charge in [0, 0.05) is 17.6 Å². The molecule has 0 aromatic carbocycles. The highest BCUT2D eigenvalue weighted by Crippen LogP contribution is 2.21.